The lowest BCUT2D eigenvalue weighted by atomic mass is 9.89. The third-order valence-corrected chi connectivity index (χ3v) is 9.32. The van der Waals surface area contributed by atoms with Crippen molar-refractivity contribution in [2.45, 2.75) is 57.3 Å². The highest BCUT2D eigenvalue weighted by molar-refractivity contribution is 5.99. The number of nitrogens with two attached hydrogens (primary N) is 1. The van der Waals surface area contributed by atoms with Gasteiger partial charge in [0.05, 0.1) is 37.1 Å². The standard InChI is InChI=1S/C36H44N6O3/c1-41-23-31(22-39-41)30-20-32(35(37)38-21-30)36(44)40-33-3-2-4-34(33)45-24-27-7-11-29(12-8-27)28-9-5-25(6-10-28)19-26-13-15-42(16-14-26)17-18-43/h5-12,20-23,26,33-34,43H,2-4,13-19,24H2,1H3,(H2,37,38)(H,40,44)/t33-,34-/m0/s1. The molecule has 236 valence electrons. The monoisotopic (exact) mass is 608 g/mol. The Kier molecular flexibility index (Phi) is 9.88. The maximum absolute atomic E-state index is 13.2. The van der Waals surface area contributed by atoms with Crippen LogP contribution in [0.15, 0.2) is 73.2 Å². The van der Waals surface area contributed by atoms with Gasteiger partial charge in [-0.05, 0) is 85.9 Å². The van der Waals surface area contributed by atoms with Crippen LogP contribution in [0.25, 0.3) is 22.3 Å². The first-order valence-electron chi connectivity index (χ1n) is 16.1. The number of nitrogens with zero attached hydrogens (tertiary/aromatic N) is 4. The molecule has 1 aliphatic carbocycles. The summed E-state index contributed by atoms with van der Waals surface area (Å²) in [6.45, 7) is 3.71. The van der Waals surface area contributed by atoms with Crippen molar-refractivity contribution in [1.82, 2.24) is 25.0 Å². The van der Waals surface area contributed by atoms with Gasteiger partial charge in [0.15, 0.2) is 0 Å². The molecule has 2 aromatic heterocycles. The second-order valence-electron chi connectivity index (χ2n) is 12.5. The highest BCUT2D eigenvalue weighted by Gasteiger charge is 2.30. The molecule has 3 heterocycles. The van der Waals surface area contributed by atoms with Gasteiger partial charge in [-0.15, -0.1) is 0 Å². The van der Waals surface area contributed by atoms with Crippen molar-refractivity contribution >= 4 is 11.7 Å². The summed E-state index contributed by atoms with van der Waals surface area (Å²) in [4.78, 5) is 19.9. The normalized spacial score (nSPS) is 19.2. The Bertz CT molecular complexity index is 1560. The first-order valence-corrected chi connectivity index (χ1v) is 16.1. The molecule has 2 atom stereocenters. The molecule has 9 nitrogen and oxygen atoms in total. The fourth-order valence-corrected chi connectivity index (χ4v) is 6.64. The maximum atomic E-state index is 13.2. The van der Waals surface area contributed by atoms with Crippen LogP contribution in [0.3, 0.4) is 0 Å². The number of hydrogen-bond donors (Lipinski definition) is 3. The average molecular weight is 609 g/mol. The van der Waals surface area contributed by atoms with Crippen LogP contribution in [-0.2, 0) is 24.8 Å². The van der Waals surface area contributed by atoms with Gasteiger partial charge in [0, 0.05) is 37.1 Å². The highest BCUT2D eigenvalue weighted by Crippen LogP contribution is 2.28. The number of aromatic nitrogens is 3. The van der Waals surface area contributed by atoms with Crippen LogP contribution in [-0.4, -0.2) is 69.1 Å². The van der Waals surface area contributed by atoms with Crippen LogP contribution in [0.5, 0.6) is 0 Å². The molecule has 1 saturated heterocycles. The maximum Gasteiger partial charge on any atom is 0.255 e. The minimum absolute atomic E-state index is 0.0567. The van der Waals surface area contributed by atoms with Crippen LogP contribution < -0.4 is 11.1 Å². The Labute approximate surface area is 265 Å². The number of benzene rings is 2. The molecule has 4 aromatic rings. The second-order valence-corrected chi connectivity index (χ2v) is 12.5. The lowest BCUT2D eigenvalue weighted by Crippen LogP contribution is -2.41. The number of anilines is 1. The summed E-state index contributed by atoms with van der Waals surface area (Å²) in [6, 6.07) is 19.2. The zero-order valence-electron chi connectivity index (χ0n) is 26.1. The molecule has 0 radical (unpaired) electrons. The largest absolute Gasteiger partial charge is 0.395 e. The summed E-state index contributed by atoms with van der Waals surface area (Å²) < 4.78 is 8.04. The van der Waals surface area contributed by atoms with E-state index in [-0.39, 0.29) is 30.5 Å². The van der Waals surface area contributed by atoms with Gasteiger partial charge >= 0.3 is 0 Å². The zero-order valence-corrected chi connectivity index (χ0v) is 26.1. The number of nitrogens with one attached hydrogen (secondary N) is 1. The Morgan fingerprint density at radius 1 is 0.956 bits per heavy atom. The van der Waals surface area contributed by atoms with E-state index in [4.69, 9.17) is 15.6 Å². The van der Waals surface area contributed by atoms with Crippen LogP contribution in [0, 0.1) is 5.92 Å². The average Bonchev–Trinajstić information content (AvgIpc) is 3.70. The molecular formula is C36H44N6O3. The molecule has 2 fully saturated rings. The molecule has 1 saturated carbocycles. The van der Waals surface area contributed by atoms with E-state index in [0.29, 0.717) is 12.2 Å². The number of piperidine rings is 1. The van der Waals surface area contributed by atoms with E-state index in [1.54, 1.807) is 23.1 Å². The molecule has 6 rings (SSSR count). The van der Waals surface area contributed by atoms with Crippen LogP contribution >= 0.6 is 0 Å². The molecule has 45 heavy (non-hydrogen) atoms. The second kappa shape index (κ2) is 14.4. The van der Waals surface area contributed by atoms with Gasteiger partial charge in [-0.1, -0.05) is 48.5 Å². The predicted molar refractivity (Wildman–Crippen MR) is 176 cm³/mol. The summed E-state index contributed by atoms with van der Waals surface area (Å²) >= 11 is 0. The Balaban J connectivity index is 0.999. The fraction of sp³-hybridized carbons (Fsp3) is 0.417. The van der Waals surface area contributed by atoms with Crippen molar-refractivity contribution in [3.05, 3.63) is 89.9 Å². The number of ether oxygens (including phenoxy) is 1. The molecule has 4 N–H and O–H groups in total. The Morgan fingerprint density at radius 2 is 1.67 bits per heavy atom. The van der Waals surface area contributed by atoms with E-state index >= 15 is 0 Å². The Hall–Kier alpha value is -4.05. The number of carbonyl (C=O) groups excluding carboxylic acids is 1. The minimum atomic E-state index is -0.231. The van der Waals surface area contributed by atoms with E-state index in [1.807, 2.05) is 13.2 Å². The summed E-state index contributed by atoms with van der Waals surface area (Å²) in [6.07, 6.45) is 11.5. The number of β-amino-alcohol motifs (C(OH)–C–C–N with tert-alkyl or cyclic N) is 1. The molecule has 0 spiro atoms. The molecular weight excluding hydrogens is 564 g/mol. The first kappa shape index (κ1) is 31.0. The van der Waals surface area contributed by atoms with Gasteiger partial charge in [-0.3, -0.25) is 9.48 Å². The Morgan fingerprint density at radius 3 is 2.33 bits per heavy atom. The van der Waals surface area contributed by atoms with Crippen molar-refractivity contribution in [2.75, 3.05) is 32.0 Å². The molecule has 2 aliphatic rings. The third-order valence-electron chi connectivity index (χ3n) is 9.32. The zero-order chi connectivity index (χ0) is 31.2. The number of aliphatic hydroxyl groups is 1. The van der Waals surface area contributed by atoms with Crippen LogP contribution in [0.2, 0.25) is 0 Å². The number of carbonyl (C=O) groups is 1. The van der Waals surface area contributed by atoms with Crippen LogP contribution in [0.4, 0.5) is 5.82 Å². The van der Waals surface area contributed by atoms with Crippen LogP contribution in [0.1, 0.15) is 53.6 Å². The van der Waals surface area contributed by atoms with Crippen molar-refractivity contribution in [3.8, 4) is 22.3 Å². The summed E-state index contributed by atoms with van der Waals surface area (Å²) in [5, 5.41) is 16.5. The molecule has 1 amide bonds. The van der Waals surface area contributed by atoms with Gasteiger partial charge in [0.2, 0.25) is 0 Å². The molecule has 9 heteroatoms. The van der Waals surface area contributed by atoms with E-state index in [9.17, 15) is 4.79 Å². The van der Waals surface area contributed by atoms with Gasteiger partial charge < -0.3 is 25.8 Å². The number of aliphatic hydroxyl groups excluding tert-OH is 1. The summed E-state index contributed by atoms with van der Waals surface area (Å²) in [5.74, 6) is 0.697. The number of hydrogen-bond acceptors (Lipinski definition) is 7. The molecule has 0 bridgehead atoms. The molecule has 0 unspecified atom stereocenters. The number of nitrogen functional groups attached to an aromatic ring is 1. The third kappa shape index (κ3) is 7.79. The van der Waals surface area contributed by atoms with Crippen molar-refractivity contribution < 1.29 is 14.6 Å². The summed E-state index contributed by atoms with van der Waals surface area (Å²) in [7, 11) is 1.85. The van der Waals surface area contributed by atoms with E-state index < -0.39 is 0 Å². The van der Waals surface area contributed by atoms with E-state index in [0.717, 1.165) is 67.9 Å². The van der Waals surface area contributed by atoms with Crippen molar-refractivity contribution in [1.29, 1.82) is 0 Å². The fourth-order valence-electron chi connectivity index (χ4n) is 6.64. The number of rotatable bonds is 11. The quantitative estimate of drug-likeness (QED) is 0.223. The van der Waals surface area contributed by atoms with E-state index in [1.165, 1.54) is 29.5 Å². The van der Waals surface area contributed by atoms with Crippen molar-refractivity contribution in [3.63, 3.8) is 0 Å². The number of likely N-dealkylation sites (tertiary alicyclic amines) is 1. The van der Waals surface area contributed by atoms with Gasteiger partial charge in [-0.2, -0.15) is 5.10 Å². The van der Waals surface area contributed by atoms with Gasteiger partial charge in [-0.25, -0.2) is 4.98 Å². The smallest absolute Gasteiger partial charge is 0.255 e. The molecule has 2 aromatic carbocycles. The topological polar surface area (TPSA) is 119 Å². The van der Waals surface area contributed by atoms with Gasteiger partial charge in [0.1, 0.15) is 5.82 Å². The first-order chi connectivity index (χ1) is 21.9. The lowest BCUT2D eigenvalue weighted by Gasteiger charge is -2.31. The van der Waals surface area contributed by atoms with Crippen molar-refractivity contribution in [2.24, 2.45) is 13.0 Å². The highest BCUT2D eigenvalue weighted by atomic mass is 16.5. The lowest BCUT2D eigenvalue weighted by molar-refractivity contribution is 0.0272. The van der Waals surface area contributed by atoms with Gasteiger partial charge in [0.25, 0.3) is 5.91 Å². The number of aryl methyl sites for hydroxylation is 1. The summed E-state index contributed by atoms with van der Waals surface area (Å²) in [5.41, 5.74) is 13.0. The molecule has 1 aliphatic heterocycles. The number of amides is 1. The SMILES string of the molecule is Cn1cc(-c2cnc(N)c(C(=O)N[C@H]3CCC[C@@H]3OCc3ccc(-c4ccc(CC5CCN(CCO)CC5)cc4)cc3)c2)cn1. The predicted octanol–water partition coefficient (Wildman–Crippen LogP) is 4.85. The minimum Gasteiger partial charge on any atom is -0.395 e. The number of pyridine rings is 1. The van der Waals surface area contributed by atoms with E-state index in [2.05, 4.69) is 68.8 Å².